The van der Waals surface area contributed by atoms with E-state index in [0.29, 0.717) is 35.6 Å². The predicted molar refractivity (Wildman–Crippen MR) is 96.7 cm³/mol. The van der Waals surface area contributed by atoms with Gasteiger partial charge in [-0.25, -0.2) is 4.79 Å². The molecule has 136 valence electrons. The number of halogens is 1. The van der Waals surface area contributed by atoms with Crippen molar-refractivity contribution in [3.8, 4) is 11.5 Å². The van der Waals surface area contributed by atoms with Crippen molar-refractivity contribution < 1.29 is 23.8 Å². The van der Waals surface area contributed by atoms with Crippen molar-refractivity contribution in [2.24, 2.45) is 5.92 Å². The lowest BCUT2D eigenvalue weighted by molar-refractivity contribution is -0.136. The van der Waals surface area contributed by atoms with Crippen LogP contribution in [0.25, 0.3) is 0 Å². The zero-order valence-electron chi connectivity index (χ0n) is 14.4. The van der Waals surface area contributed by atoms with Crippen LogP contribution in [-0.2, 0) is 14.3 Å². The van der Waals surface area contributed by atoms with E-state index in [-0.39, 0.29) is 12.6 Å². The smallest absolute Gasteiger partial charge is 0.336 e. The second-order valence-corrected chi connectivity index (χ2v) is 7.36. The summed E-state index contributed by atoms with van der Waals surface area (Å²) in [5.74, 6) is 0.0170. The molecule has 1 aromatic rings. The minimum Gasteiger partial charge on any atom is -0.466 e. The second kappa shape index (κ2) is 6.46. The van der Waals surface area contributed by atoms with Gasteiger partial charge in [-0.05, 0) is 31.0 Å². The molecule has 0 radical (unpaired) electrons. The van der Waals surface area contributed by atoms with Crippen LogP contribution in [0, 0.1) is 5.92 Å². The average Bonchev–Trinajstić information content (AvgIpc) is 3.06. The molecule has 0 amide bonds. The summed E-state index contributed by atoms with van der Waals surface area (Å²) in [6.07, 6.45) is 3.20. The summed E-state index contributed by atoms with van der Waals surface area (Å²) in [7, 11) is 1.35. The lowest BCUT2D eigenvalue weighted by atomic mass is 9.71. The van der Waals surface area contributed by atoms with Crippen LogP contribution >= 0.6 is 15.9 Å². The number of allylic oxidation sites excluding steroid dienone is 3. The molecule has 2 aliphatic heterocycles. The maximum atomic E-state index is 12.8. The SMILES string of the molecule is COC(=O)C1=C(C)NC2=CCCC(=O)C2C1c1cc2c(cc1Br)OCO2. The number of benzene rings is 1. The largest absolute Gasteiger partial charge is 0.466 e. The highest BCUT2D eigenvalue weighted by Gasteiger charge is 2.44. The molecule has 2 heterocycles. The van der Waals surface area contributed by atoms with Gasteiger partial charge >= 0.3 is 5.97 Å². The Morgan fingerprint density at radius 2 is 2.00 bits per heavy atom. The van der Waals surface area contributed by atoms with Crippen molar-refractivity contribution >= 4 is 27.7 Å². The first kappa shape index (κ1) is 17.1. The molecular formula is C19H18BrNO5. The number of fused-ring (bicyclic) bond motifs is 2. The van der Waals surface area contributed by atoms with Gasteiger partial charge in [0.05, 0.1) is 18.6 Å². The van der Waals surface area contributed by atoms with Crippen molar-refractivity contribution in [2.75, 3.05) is 13.9 Å². The van der Waals surface area contributed by atoms with E-state index < -0.39 is 17.8 Å². The van der Waals surface area contributed by atoms with Crippen LogP contribution in [0.1, 0.15) is 31.2 Å². The van der Waals surface area contributed by atoms with Crippen LogP contribution in [0.3, 0.4) is 0 Å². The molecule has 1 N–H and O–H groups in total. The van der Waals surface area contributed by atoms with Gasteiger partial charge < -0.3 is 19.5 Å². The third-order valence-electron chi connectivity index (χ3n) is 5.05. The van der Waals surface area contributed by atoms with Gasteiger partial charge in [0.2, 0.25) is 6.79 Å². The second-order valence-electron chi connectivity index (χ2n) is 6.50. The number of carbonyl (C=O) groups is 2. The van der Waals surface area contributed by atoms with E-state index in [0.717, 1.165) is 15.7 Å². The zero-order valence-corrected chi connectivity index (χ0v) is 16.0. The minimum atomic E-state index is -0.452. The maximum Gasteiger partial charge on any atom is 0.336 e. The summed E-state index contributed by atoms with van der Waals surface area (Å²) in [5.41, 5.74) is 2.82. The average molecular weight is 420 g/mol. The Balaban J connectivity index is 1.93. The quantitative estimate of drug-likeness (QED) is 0.742. The molecule has 1 aromatic carbocycles. The highest BCUT2D eigenvalue weighted by Crippen LogP contribution is 2.48. The number of hydrogen-bond acceptors (Lipinski definition) is 6. The molecule has 6 nitrogen and oxygen atoms in total. The third-order valence-corrected chi connectivity index (χ3v) is 5.74. The minimum absolute atomic E-state index is 0.110. The topological polar surface area (TPSA) is 73.9 Å². The van der Waals surface area contributed by atoms with Crippen LogP contribution in [0.15, 0.2) is 39.6 Å². The summed E-state index contributed by atoms with van der Waals surface area (Å²) in [4.78, 5) is 25.4. The van der Waals surface area contributed by atoms with E-state index in [4.69, 9.17) is 14.2 Å². The molecule has 0 bridgehead atoms. The van der Waals surface area contributed by atoms with Crippen LogP contribution in [-0.4, -0.2) is 25.7 Å². The number of carbonyl (C=O) groups excluding carboxylic acids is 2. The Morgan fingerprint density at radius 1 is 1.27 bits per heavy atom. The molecule has 0 fully saturated rings. The van der Waals surface area contributed by atoms with E-state index >= 15 is 0 Å². The lowest BCUT2D eigenvalue weighted by Gasteiger charge is -2.38. The lowest BCUT2D eigenvalue weighted by Crippen LogP contribution is -2.40. The van der Waals surface area contributed by atoms with Gasteiger partial charge in [0, 0.05) is 28.2 Å². The number of rotatable bonds is 2. The van der Waals surface area contributed by atoms with Gasteiger partial charge in [-0.2, -0.15) is 0 Å². The number of hydrogen-bond donors (Lipinski definition) is 1. The maximum absolute atomic E-state index is 12.8. The highest BCUT2D eigenvalue weighted by molar-refractivity contribution is 9.10. The summed E-state index contributed by atoms with van der Waals surface area (Å²) in [5, 5.41) is 3.23. The van der Waals surface area contributed by atoms with Gasteiger partial charge in [0.15, 0.2) is 11.5 Å². The highest BCUT2D eigenvalue weighted by atomic mass is 79.9. The third kappa shape index (κ3) is 2.61. The zero-order chi connectivity index (χ0) is 18.4. The van der Waals surface area contributed by atoms with Gasteiger partial charge in [-0.3, -0.25) is 4.79 Å². The predicted octanol–water partition coefficient (Wildman–Crippen LogP) is 3.17. The summed E-state index contributed by atoms with van der Waals surface area (Å²) in [6, 6.07) is 3.67. The van der Waals surface area contributed by atoms with Gasteiger partial charge in [0.1, 0.15) is 5.78 Å². The number of esters is 1. The van der Waals surface area contributed by atoms with Crippen molar-refractivity contribution in [1.29, 1.82) is 0 Å². The van der Waals surface area contributed by atoms with Crippen molar-refractivity contribution in [2.45, 2.75) is 25.7 Å². The van der Waals surface area contributed by atoms with Crippen molar-refractivity contribution in [3.63, 3.8) is 0 Å². The number of ether oxygens (including phenoxy) is 3. The summed E-state index contributed by atoms with van der Waals surface area (Å²) in [6.45, 7) is 1.99. The summed E-state index contributed by atoms with van der Waals surface area (Å²) >= 11 is 3.58. The molecule has 2 unspecified atom stereocenters. The van der Waals surface area contributed by atoms with Crippen LogP contribution < -0.4 is 14.8 Å². The van der Waals surface area contributed by atoms with Gasteiger partial charge in [-0.15, -0.1) is 0 Å². The first-order valence-corrected chi connectivity index (χ1v) is 9.18. The molecule has 7 heteroatoms. The standard InChI is InChI=1S/C19H18BrNO5/c1-9-16(19(23)24-2)17(18-12(21-9)4-3-5-13(18)22)10-6-14-15(7-11(10)20)26-8-25-14/h4,6-7,17-18,21H,3,5,8H2,1-2H3. The van der Waals surface area contributed by atoms with Crippen LogP contribution in [0.4, 0.5) is 0 Å². The number of Topliss-reactive ketones (excluding diaryl/α,β-unsaturated/α-hetero) is 1. The molecule has 1 aliphatic carbocycles. The molecule has 26 heavy (non-hydrogen) atoms. The van der Waals surface area contributed by atoms with Gasteiger partial charge in [-0.1, -0.05) is 22.0 Å². The van der Waals surface area contributed by atoms with E-state index in [1.807, 2.05) is 25.1 Å². The first-order valence-electron chi connectivity index (χ1n) is 8.39. The van der Waals surface area contributed by atoms with E-state index in [9.17, 15) is 9.59 Å². The Labute approximate surface area is 159 Å². The Kier molecular flexibility index (Phi) is 4.26. The van der Waals surface area contributed by atoms with E-state index in [1.54, 1.807) is 0 Å². The van der Waals surface area contributed by atoms with E-state index in [2.05, 4.69) is 21.2 Å². The number of nitrogens with one attached hydrogen (secondary N) is 1. The van der Waals surface area contributed by atoms with E-state index in [1.165, 1.54) is 7.11 Å². The normalized spacial score (nSPS) is 24.0. The molecule has 2 atom stereocenters. The Hall–Kier alpha value is -2.28. The fourth-order valence-corrected chi connectivity index (χ4v) is 4.47. The van der Waals surface area contributed by atoms with Crippen LogP contribution in [0.2, 0.25) is 0 Å². The molecule has 4 rings (SSSR count). The Bertz CT molecular complexity index is 873. The monoisotopic (exact) mass is 419 g/mol. The molecule has 3 aliphatic rings. The molecule has 0 saturated carbocycles. The first-order chi connectivity index (χ1) is 12.5. The Morgan fingerprint density at radius 3 is 2.73 bits per heavy atom. The van der Waals surface area contributed by atoms with Crippen molar-refractivity contribution in [3.05, 3.63) is 45.2 Å². The van der Waals surface area contributed by atoms with Gasteiger partial charge in [0.25, 0.3) is 0 Å². The number of methoxy groups -OCH3 is 1. The van der Waals surface area contributed by atoms with Crippen LogP contribution in [0.5, 0.6) is 11.5 Å². The molecular weight excluding hydrogens is 402 g/mol. The summed E-state index contributed by atoms with van der Waals surface area (Å²) < 4.78 is 16.7. The molecule has 0 saturated heterocycles. The fourth-order valence-electron chi connectivity index (χ4n) is 3.90. The molecule has 0 aromatic heterocycles. The molecule has 0 spiro atoms. The van der Waals surface area contributed by atoms with Crippen molar-refractivity contribution in [1.82, 2.24) is 5.32 Å². The number of ketones is 1. The fraction of sp³-hybridized carbons (Fsp3) is 0.368.